The lowest BCUT2D eigenvalue weighted by Gasteiger charge is -2.29. The molecule has 0 spiro atoms. The van der Waals surface area contributed by atoms with Crippen LogP contribution in [0.2, 0.25) is 0 Å². The van der Waals surface area contributed by atoms with Crippen LogP contribution in [-0.2, 0) is 4.79 Å². The zero-order valence-electron chi connectivity index (χ0n) is 13.4. The number of rotatable bonds is 6. The molecule has 1 aliphatic heterocycles. The molecule has 2 atom stereocenters. The van der Waals surface area contributed by atoms with Crippen LogP contribution in [0.15, 0.2) is 24.3 Å². The number of hydrogen-bond acceptors (Lipinski definition) is 4. The molecule has 1 aliphatic rings. The molecule has 2 unspecified atom stereocenters. The van der Waals surface area contributed by atoms with E-state index in [4.69, 9.17) is 4.74 Å². The zero-order chi connectivity index (χ0) is 15.9. The smallest absolute Gasteiger partial charge is 0.224 e. The second-order valence-electron chi connectivity index (χ2n) is 6.13. The molecule has 1 heterocycles. The molecule has 1 saturated heterocycles. The second kappa shape index (κ2) is 8.15. The number of hydrogen-bond donors (Lipinski definition) is 2. The highest BCUT2D eigenvalue weighted by Crippen LogP contribution is 2.15. The third-order valence-corrected chi connectivity index (χ3v) is 3.94. The van der Waals surface area contributed by atoms with Crippen molar-refractivity contribution in [1.29, 1.82) is 0 Å². The minimum absolute atomic E-state index is 0.0288. The molecule has 1 amide bonds. The van der Waals surface area contributed by atoms with E-state index in [0.29, 0.717) is 0 Å². The van der Waals surface area contributed by atoms with Gasteiger partial charge in [-0.15, -0.1) is 0 Å². The summed E-state index contributed by atoms with van der Waals surface area (Å²) in [6.45, 7) is 4.24. The molecule has 2 N–H and O–H groups in total. The highest BCUT2D eigenvalue weighted by atomic mass is 16.5. The van der Waals surface area contributed by atoms with Crippen LogP contribution in [0.1, 0.15) is 18.4 Å². The van der Waals surface area contributed by atoms with Crippen LogP contribution in [0.3, 0.4) is 0 Å². The Hall–Kier alpha value is -1.59. The van der Waals surface area contributed by atoms with Crippen molar-refractivity contribution in [3.8, 4) is 5.75 Å². The number of amides is 1. The summed E-state index contributed by atoms with van der Waals surface area (Å²) in [7, 11) is 2.03. The average molecular weight is 306 g/mol. The number of aryl methyl sites for hydroxylation is 1. The molecule has 1 aromatic rings. The summed E-state index contributed by atoms with van der Waals surface area (Å²) < 4.78 is 5.53. The maximum atomic E-state index is 12.1. The van der Waals surface area contributed by atoms with Crippen molar-refractivity contribution in [2.45, 2.75) is 25.9 Å². The maximum absolute atomic E-state index is 12.1. The molecule has 2 rings (SSSR count). The fourth-order valence-electron chi connectivity index (χ4n) is 2.70. The van der Waals surface area contributed by atoms with Gasteiger partial charge in [0.2, 0.25) is 5.91 Å². The van der Waals surface area contributed by atoms with E-state index in [1.54, 1.807) is 0 Å². The summed E-state index contributed by atoms with van der Waals surface area (Å²) in [4.78, 5) is 14.2. The van der Waals surface area contributed by atoms with Gasteiger partial charge in [-0.1, -0.05) is 12.1 Å². The summed E-state index contributed by atoms with van der Waals surface area (Å²) in [5.74, 6) is 0.795. The van der Waals surface area contributed by atoms with Gasteiger partial charge in [0.15, 0.2) is 0 Å². The lowest BCUT2D eigenvalue weighted by Crippen LogP contribution is -2.44. The summed E-state index contributed by atoms with van der Waals surface area (Å²) in [5, 5.41) is 12.8. The van der Waals surface area contributed by atoms with Crippen LogP contribution >= 0.6 is 0 Å². The summed E-state index contributed by atoms with van der Waals surface area (Å²) in [6, 6.07) is 7.68. The van der Waals surface area contributed by atoms with Gasteiger partial charge in [0.25, 0.3) is 0 Å². The highest BCUT2D eigenvalue weighted by molar-refractivity contribution is 5.78. The number of piperidine rings is 1. The van der Waals surface area contributed by atoms with E-state index >= 15 is 0 Å². The highest BCUT2D eigenvalue weighted by Gasteiger charge is 2.24. The predicted octanol–water partition coefficient (Wildman–Crippen LogP) is 1.19. The molecular formula is C17H26N2O3. The molecular weight excluding hydrogens is 280 g/mol. The van der Waals surface area contributed by atoms with E-state index in [1.807, 2.05) is 38.2 Å². The maximum Gasteiger partial charge on any atom is 0.224 e. The van der Waals surface area contributed by atoms with Crippen molar-refractivity contribution in [2.75, 3.05) is 33.3 Å². The van der Waals surface area contributed by atoms with Crippen LogP contribution in [0.4, 0.5) is 0 Å². The SMILES string of the molecule is Cc1cccc(OCC(O)CNC(=O)C2CCCN(C)C2)c1. The summed E-state index contributed by atoms with van der Waals surface area (Å²) >= 11 is 0. The Kier molecular flexibility index (Phi) is 6.21. The van der Waals surface area contributed by atoms with Crippen molar-refractivity contribution >= 4 is 5.91 Å². The van der Waals surface area contributed by atoms with Gasteiger partial charge < -0.3 is 20.1 Å². The number of likely N-dealkylation sites (tertiary alicyclic amines) is 1. The third-order valence-electron chi connectivity index (χ3n) is 3.94. The van der Waals surface area contributed by atoms with Crippen molar-refractivity contribution in [1.82, 2.24) is 10.2 Å². The lowest BCUT2D eigenvalue weighted by atomic mass is 9.97. The van der Waals surface area contributed by atoms with Gasteiger partial charge in [-0.05, 0) is 51.1 Å². The molecule has 0 radical (unpaired) electrons. The van der Waals surface area contributed by atoms with Crippen molar-refractivity contribution in [3.05, 3.63) is 29.8 Å². The third kappa shape index (κ3) is 5.31. The van der Waals surface area contributed by atoms with Crippen LogP contribution in [0.5, 0.6) is 5.75 Å². The fourth-order valence-corrected chi connectivity index (χ4v) is 2.70. The molecule has 0 saturated carbocycles. The number of carbonyl (C=O) groups is 1. The van der Waals surface area contributed by atoms with Crippen LogP contribution in [0.25, 0.3) is 0 Å². The minimum Gasteiger partial charge on any atom is -0.491 e. The van der Waals surface area contributed by atoms with Crippen LogP contribution in [-0.4, -0.2) is 55.3 Å². The lowest BCUT2D eigenvalue weighted by molar-refractivity contribution is -0.127. The number of carbonyl (C=O) groups excluding carboxylic acids is 1. The van der Waals surface area contributed by atoms with Gasteiger partial charge in [-0.3, -0.25) is 4.79 Å². The molecule has 22 heavy (non-hydrogen) atoms. The summed E-state index contributed by atoms with van der Waals surface area (Å²) in [5.41, 5.74) is 1.11. The monoisotopic (exact) mass is 306 g/mol. The van der Waals surface area contributed by atoms with Crippen LogP contribution < -0.4 is 10.1 Å². The number of nitrogens with one attached hydrogen (secondary N) is 1. The molecule has 0 aromatic heterocycles. The van der Waals surface area contributed by atoms with E-state index in [-0.39, 0.29) is 25.0 Å². The van der Waals surface area contributed by atoms with Crippen molar-refractivity contribution in [3.63, 3.8) is 0 Å². The first kappa shape index (κ1) is 16.8. The average Bonchev–Trinajstić information content (AvgIpc) is 2.50. The topological polar surface area (TPSA) is 61.8 Å². The van der Waals surface area contributed by atoms with Gasteiger partial charge >= 0.3 is 0 Å². The first-order valence-electron chi connectivity index (χ1n) is 7.88. The molecule has 122 valence electrons. The van der Waals surface area contributed by atoms with Gasteiger partial charge in [-0.25, -0.2) is 0 Å². The van der Waals surface area contributed by atoms with E-state index in [1.165, 1.54) is 0 Å². The van der Waals surface area contributed by atoms with Gasteiger partial charge in [-0.2, -0.15) is 0 Å². The number of benzene rings is 1. The van der Waals surface area contributed by atoms with Gasteiger partial charge in [0.1, 0.15) is 18.5 Å². The van der Waals surface area contributed by atoms with Crippen LogP contribution in [0, 0.1) is 12.8 Å². The molecule has 0 aliphatic carbocycles. The quantitative estimate of drug-likeness (QED) is 0.829. The van der Waals surface area contributed by atoms with Gasteiger partial charge in [0.05, 0.1) is 5.92 Å². The molecule has 5 nitrogen and oxygen atoms in total. The van der Waals surface area contributed by atoms with E-state index in [2.05, 4.69) is 10.2 Å². The minimum atomic E-state index is -0.703. The number of aliphatic hydroxyl groups excluding tert-OH is 1. The Labute approximate surface area is 132 Å². The number of aliphatic hydroxyl groups is 1. The van der Waals surface area contributed by atoms with Gasteiger partial charge in [0, 0.05) is 13.1 Å². The Morgan fingerprint density at radius 3 is 3.09 bits per heavy atom. The first-order chi connectivity index (χ1) is 10.5. The van der Waals surface area contributed by atoms with Crippen molar-refractivity contribution < 1.29 is 14.6 Å². The fraction of sp³-hybridized carbons (Fsp3) is 0.588. The Balaban J connectivity index is 1.68. The summed E-state index contributed by atoms with van der Waals surface area (Å²) in [6.07, 6.45) is 1.27. The largest absolute Gasteiger partial charge is 0.491 e. The van der Waals surface area contributed by atoms with E-state index in [9.17, 15) is 9.90 Å². The molecule has 1 aromatic carbocycles. The zero-order valence-corrected chi connectivity index (χ0v) is 13.4. The second-order valence-corrected chi connectivity index (χ2v) is 6.13. The number of nitrogens with zero attached hydrogens (tertiary/aromatic N) is 1. The van der Waals surface area contributed by atoms with Crippen molar-refractivity contribution in [2.24, 2.45) is 5.92 Å². The normalized spacial score (nSPS) is 20.4. The van der Waals surface area contributed by atoms with E-state index < -0.39 is 6.10 Å². The molecule has 5 heteroatoms. The first-order valence-corrected chi connectivity index (χ1v) is 7.88. The molecule has 1 fully saturated rings. The number of ether oxygens (including phenoxy) is 1. The Morgan fingerprint density at radius 1 is 1.55 bits per heavy atom. The standard InChI is InChI=1S/C17H26N2O3/c1-13-5-3-7-16(9-13)22-12-15(20)10-18-17(21)14-6-4-8-19(2)11-14/h3,5,7,9,14-15,20H,4,6,8,10-12H2,1-2H3,(H,18,21). The molecule has 0 bridgehead atoms. The Morgan fingerprint density at radius 2 is 2.36 bits per heavy atom. The van der Waals surface area contributed by atoms with E-state index in [0.717, 1.165) is 37.2 Å². The predicted molar refractivity (Wildman–Crippen MR) is 85.9 cm³/mol. The Bertz CT molecular complexity index is 493.